The molecule has 3 saturated heterocycles. The van der Waals surface area contributed by atoms with Gasteiger partial charge in [0.25, 0.3) is 5.91 Å². The summed E-state index contributed by atoms with van der Waals surface area (Å²) in [4.78, 5) is 73.8. The molecule has 0 radical (unpaired) electrons. The highest BCUT2D eigenvalue weighted by Gasteiger charge is 2.64. The highest BCUT2D eigenvalue weighted by molar-refractivity contribution is 7.13. The molecule has 4 fully saturated rings. The van der Waals surface area contributed by atoms with Crippen LogP contribution in [-0.2, 0) is 14.4 Å². The standard InChI is InChI=1S/C57H75ClN10O6S/c1-35(38-10-12-39(13-11-38)48-36(2)61-34-75-48)62-51(72)45-28-42(69)32-68(45)52(73)49(55(3,4)5)63-47(70)33-66-26-24-65(25-27-66)21-18-37-19-22-67(23-20-37)46-17-15-41(31-60-46)50(71)64-53-56(6,7)54(57(53,8)9)74-43-16-14-40(30-59)44(58)29-43/h10-17,29,31,34-35,37,42,45,49,53-54,69H,18-28,32-33H2,1-9H3,(H,62,72)(H,63,70)(H,64,71)/t35-,42+,45+,49?,53?,54?/m0/s1. The first-order valence-corrected chi connectivity index (χ1v) is 27.7. The summed E-state index contributed by atoms with van der Waals surface area (Å²) in [5.41, 5.74) is 4.28. The Morgan fingerprint density at radius 3 is 2.21 bits per heavy atom. The third kappa shape index (κ3) is 12.6. The number of piperazine rings is 1. The minimum Gasteiger partial charge on any atom is -0.489 e. The van der Waals surface area contributed by atoms with Crippen molar-refractivity contribution >= 4 is 52.4 Å². The molecule has 2 aromatic carbocycles. The molecule has 3 aliphatic heterocycles. The van der Waals surface area contributed by atoms with Crippen LogP contribution >= 0.6 is 22.9 Å². The molecule has 402 valence electrons. The lowest BCUT2D eigenvalue weighted by atomic mass is 9.49. The van der Waals surface area contributed by atoms with Crippen LogP contribution in [0.15, 0.2) is 66.3 Å². The zero-order valence-corrected chi connectivity index (χ0v) is 46.6. The van der Waals surface area contributed by atoms with Crippen molar-refractivity contribution in [3.63, 3.8) is 0 Å². The van der Waals surface area contributed by atoms with Gasteiger partial charge < -0.3 is 40.5 Å². The topological polar surface area (TPSA) is 196 Å². The van der Waals surface area contributed by atoms with Crippen LogP contribution in [0.3, 0.4) is 0 Å². The number of hydrogen-bond acceptors (Lipinski definition) is 13. The lowest BCUT2D eigenvalue weighted by Gasteiger charge is -2.63. The first-order chi connectivity index (χ1) is 35.5. The molecule has 75 heavy (non-hydrogen) atoms. The molecule has 5 heterocycles. The second kappa shape index (κ2) is 22.9. The molecule has 18 heteroatoms. The van der Waals surface area contributed by atoms with Crippen LogP contribution in [0.4, 0.5) is 5.82 Å². The Hall–Kier alpha value is -5.64. The average Bonchev–Trinajstić information content (AvgIpc) is 4.00. The van der Waals surface area contributed by atoms with Gasteiger partial charge in [-0.2, -0.15) is 5.26 Å². The Kier molecular flexibility index (Phi) is 17.0. The van der Waals surface area contributed by atoms with E-state index in [0.717, 1.165) is 92.6 Å². The van der Waals surface area contributed by atoms with Crippen molar-refractivity contribution in [1.82, 2.24) is 40.6 Å². The van der Waals surface area contributed by atoms with E-state index in [1.165, 1.54) is 4.90 Å². The molecule has 4 amide bonds. The lowest BCUT2D eigenvalue weighted by Crippen LogP contribution is -2.74. The average molecular weight is 1060 g/mol. The summed E-state index contributed by atoms with van der Waals surface area (Å²) >= 11 is 7.86. The van der Waals surface area contributed by atoms with E-state index in [9.17, 15) is 29.5 Å². The number of likely N-dealkylation sites (tertiary alicyclic amines) is 1. The fourth-order valence-corrected chi connectivity index (χ4v) is 13.0. The highest BCUT2D eigenvalue weighted by Crippen LogP contribution is 2.55. The Morgan fingerprint density at radius 2 is 1.61 bits per heavy atom. The number of halogens is 1. The van der Waals surface area contributed by atoms with Crippen LogP contribution in [0.25, 0.3) is 10.4 Å². The lowest BCUT2D eigenvalue weighted by molar-refractivity contribution is -0.164. The molecule has 0 spiro atoms. The molecule has 16 nitrogen and oxygen atoms in total. The quantitative estimate of drug-likeness (QED) is 0.0880. The number of β-amino-alcohol motifs (C(OH)–C–C–N with tert-alkyl or cyclic N) is 1. The maximum atomic E-state index is 14.3. The Labute approximate surface area is 451 Å². The summed E-state index contributed by atoms with van der Waals surface area (Å²) in [6.45, 7) is 24.1. The molecule has 0 bridgehead atoms. The van der Waals surface area contributed by atoms with Gasteiger partial charge >= 0.3 is 0 Å². The molecule has 1 aliphatic carbocycles. The van der Waals surface area contributed by atoms with Gasteiger partial charge in [-0.05, 0) is 86.4 Å². The van der Waals surface area contributed by atoms with Gasteiger partial charge in [-0.3, -0.25) is 24.1 Å². The maximum absolute atomic E-state index is 14.3. The number of ether oxygens (including phenoxy) is 1. The van der Waals surface area contributed by atoms with Crippen molar-refractivity contribution in [2.75, 3.05) is 63.8 Å². The number of benzene rings is 2. The van der Waals surface area contributed by atoms with Gasteiger partial charge in [0.2, 0.25) is 17.7 Å². The van der Waals surface area contributed by atoms with Gasteiger partial charge in [0.1, 0.15) is 35.8 Å². The SMILES string of the molecule is Cc1ncsc1-c1ccc([C@H](C)NC(=O)[C@H]2C[C@@H](O)CN2C(=O)C(NC(=O)CN2CCN(CCC3CCN(c4ccc(C(=O)NC5C(C)(C)C(Oc6ccc(C#N)c(Cl)c6)C5(C)C)cn4)CC3)CC2)C(C)(C)C)cc1. The van der Waals surface area contributed by atoms with E-state index < -0.39 is 23.6 Å². The number of nitrogens with one attached hydrogen (secondary N) is 3. The maximum Gasteiger partial charge on any atom is 0.253 e. The molecule has 8 rings (SSSR count). The van der Waals surface area contributed by atoms with E-state index >= 15 is 0 Å². The number of piperidine rings is 1. The number of pyridine rings is 1. The summed E-state index contributed by atoms with van der Waals surface area (Å²) in [7, 11) is 0. The number of thiazole rings is 1. The van der Waals surface area contributed by atoms with Gasteiger partial charge in [-0.25, -0.2) is 9.97 Å². The predicted octanol–water partition coefficient (Wildman–Crippen LogP) is 7.24. The van der Waals surface area contributed by atoms with E-state index in [0.29, 0.717) is 27.8 Å². The highest BCUT2D eigenvalue weighted by atomic mass is 35.5. The zero-order valence-electron chi connectivity index (χ0n) is 45.0. The van der Waals surface area contributed by atoms with Gasteiger partial charge in [-0.15, -0.1) is 11.3 Å². The normalized spacial score (nSPS) is 22.9. The monoisotopic (exact) mass is 1060 g/mol. The van der Waals surface area contributed by atoms with Gasteiger partial charge in [0.05, 0.1) is 50.9 Å². The largest absolute Gasteiger partial charge is 0.489 e. The number of nitrogens with zero attached hydrogens (tertiary/aromatic N) is 7. The number of rotatable bonds is 16. The summed E-state index contributed by atoms with van der Waals surface area (Å²) < 4.78 is 6.39. The van der Waals surface area contributed by atoms with Gasteiger partial charge in [0.15, 0.2) is 0 Å². The van der Waals surface area contributed by atoms with Crippen molar-refractivity contribution in [3.8, 4) is 22.3 Å². The van der Waals surface area contributed by atoms with Crippen molar-refractivity contribution in [1.29, 1.82) is 5.26 Å². The summed E-state index contributed by atoms with van der Waals surface area (Å²) in [6, 6.07) is 16.7. The number of carbonyl (C=O) groups excluding carboxylic acids is 4. The first-order valence-electron chi connectivity index (χ1n) is 26.4. The van der Waals surface area contributed by atoms with E-state index in [1.54, 1.807) is 35.7 Å². The third-order valence-corrected chi connectivity index (χ3v) is 17.4. The number of aliphatic hydroxyl groups excluding tert-OH is 1. The number of amides is 4. The predicted molar refractivity (Wildman–Crippen MR) is 292 cm³/mol. The van der Waals surface area contributed by atoms with Crippen LogP contribution in [-0.4, -0.2) is 143 Å². The van der Waals surface area contributed by atoms with Crippen molar-refractivity contribution in [2.24, 2.45) is 22.2 Å². The molecular formula is C57H75ClN10O6S. The Balaban J connectivity index is 0.743. The second-order valence-electron chi connectivity index (χ2n) is 23.4. The minimum absolute atomic E-state index is 0.0172. The van der Waals surface area contributed by atoms with E-state index in [2.05, 4.69) is 69.4 Å². The van der Waals surface area contributed by atoms with Crippen LogP contribution in [0.1, 0.15) is 114 Å². The Morgan fingerprint density at radius 1 is 0.933 bits per heavy atom. The molecule has 4 atom stereocenters. The van der Waals surface area contributed by atoms with Gasteiger partial charge in [-0.1, -0.05) is 84.3 Å². The van der Waals surface area contributed by atoms with E-state index in [1.807, 2.05) is 76.5 Å². The van der Waals surface area contributed by atoms with E-state index in [-0.39, 0.29) is 72.2 Å². The van der Waals surface area contributed by atoms with Crippen molar-refractivity contribution in [3.05, 3.63) is 93.7 Å². The van der Waals surface area contributed by atoms with E-state index in [4.69, 9.17) is 21.3 Å². The fraction of sp³-hybridized carbons (Fsp3) is 0.561. The number of aliphatic hydroxyl groups is 1. The number of nitriles is 1. The number of anilines is 1. The minimum atomic E-state index is -0.891. The van der Waals surface area contributed by atoms with Crippen molar-refractivity contribution in [2.45, 2.75) is 124 Å². The molecular weight excluding hydrogens is 988 g/mol. The fourth-order valence-electron chi connectivity index (χ4n) is 11.9. The molecule has 4 aromatic rings. The molecule has 1 saturated carbocycles. The van der Waals surface area contributed by atoms with Crippen LogP contribution < -0.4 is 25.6 Å². The zero-order chi connectivity index (χ0) is 54.0. The summed E-state index contributed by atoms with van der Waals surface area (Å²) in [6.07, 6.45) is 3.96. The van der Waals surface area contributed by atoms with Crippen molar-refractivity contribution < 1.29 is 29.0 Å². The number of aryl methyl sites for hydroxylation is 1. The Bertz CT molecular complexity index is 2710. The molecule has 1 unspecified atom stereocenters. The summed E-state index contributed by atoms with van der Waals surface area (Å²) in [5.74, 6) is 0.935. The van der Waals surface area contributed by atoms with Crippen LogP contribution in [0, 0.1) is 40.4 Å². The number of aromatic nitrogens is 2. The molecule has 2 aromatic heterocycles. The number of carbonyl (C=O) groups is 4. The summed E-state index contributed by atoms with van der Waals surface area (Å²) in [5, 5.41) is 29.7. The number of hydrogen-bond donors (Lipinski definition) is 4. The first kappa shape index (κ1) is 55.6. The van der Waals surface area contributed by atoms with Gasteiger partial charge in [0, 0.05) is 81.4 Å². The smallest absolute Gasteiger partial charge is 0.253 e. The molecule has 4 aliphatic rings. The third-order valence-electron chi connectivity index (χ3n) is 16.1. The second-order valence-corrected chi connectivity index (χ2v) is 24.7. The molecule has 4 N–H and O–H groups in total. The van der Waals surface area contributed by atoms with Crippen LogP contribution in [0.2, 0.25) is 5.02 Å². The van der Waals surface area contributed by atoms with Crippen LogP contribution in [0.5, 0.6) is 5.75 Å².